The third-order valence-electron chi connectivity index (χ3n) is 5.11. The van der Waals surface area contributed by atoms with Gasteiger partial charge in [-0.2, -0.15) is 0 Å². The number of nitrogens with one attached hydrogen (secondary N) is 1. The van der Waals surface area contributed by atoms with E-state index in [0.717, 1.165) is 0 Å². The third kappa shape index (κ3) is 2.71. The molecule has 3 fully saturated rings. The van der Waals surface area contributed by atoms with Gasteiger partial charge in [0.05, 0.1) is 0 Å². The van der Waals surface area contributed by atoms with E-state index >= 15 is 0 Å². The summed E-state index contributed by atoms with van der Waals surface area (Å²) in [5, 5.41) is 3.29. The molecule has 0 aromatic heterocycles. The summed E-state index contributed by atoms with van der Waals surface area (Å²) in [6.45, 7) is 0.610. The quantitative estimate of drug-likeness (QED) is 0.758. The van der Waals surface area contributed by atoms with Gasteiger partial charge >= 0.3 is 0 Å². The fraction of sp³-hybridized carbons (Fsp3) is 0.933. The Labute approximate surface area is 110 Å². The van der Waals surface area contributed by atoms with E-state index in [-0.39, 0.29) is 6.04 Å². The van der Waals surface area contributed by atoms with Crippen molar-refractivity contribution < 1.29 is 4.79 Å². The van der Waals surface area contributed by atoms with E-state index in [2.05, 4.69) is 5.32 Å². The van der Waals surface area contributed by atoms with E-state index < -0.39 is 0 Å². The normalized spacial score (nSPS) is 26.6. The van der Waals surface area contributed by atoms with Crippen LogP contribution in [-0.4, -0.2) is 18.5 Å². The second-order valence-electron chi connectivity index (χ2n) is 6.60. The summed E-state index contributed by atoms with van der Waals surface area (Å²) in [7, 11) is 0. The van der Waals surface area contributed by atoms with Crippen molar-refractivity contribution in [3.63, 3.8) is 0 Å². The smallest absolute Gasteiger partial charge is 0.223 e. The van der Waals surface area contributed by atoms with Crippen LogP contribution < -0.4 is 11.1 Å². The van der Waals surface area contributed by atoms with Crippen molar-refractivity contribution in [3.05, 3.63) is 0 Å². The molecule has 3 saturated carbocycles. The van der Waals surface area contributed by atoms with Crippen LogP contribution in [0, 0.1) is 23.7 Å². The van der Waals surface area contributed by atoms with E-state index in [1.807, 2.05) is 0 Å². The van der Waals surface area contributed by atoms with Crippen molar-refractivity contribution in [1.82, 2.24) is 5.32 Å². The summed E-state index contributed by atoms with van der Waals surface area (Å²) in [6, 6.07) is 0.236. The van der Waals surface area contributed by atoms with Crippen molar-refractivity contribution in [2.24, 2.45) is 29.4 Å². The maximum Gasteiger partial charge on any atom is 0.223 e. The molecule has 3 aliphatic rings. The number of carbonyl (C=O) groups excluding carboxylic acids is 1. The van der Waals surface area contributed by atoms with Crippen molar-refractivity contribution in [2.45, 2.75) is 57.4 Å². The van der Waals surface area contributed by atoms with E-state index in [4.69, 9.17) is 5.73 Å². The zero-order valence-electron chi connectivity index (χ0n) is 11.2. The highest BCUT2D eigenvalue weighted by atomic mass is 16.2. The van der Waals surface area contributed by atoms with Crippen molar-refractivity contribution in [2.75, 3.05) is 6.54 Å². The molecule has 0 aromatic carbocycles. The lowest BCUT2D eigenvalue weighted by Crippen LogP contribution is -2.47. The van der Waals surface area contributed by atoms with E-state index in [1.165, 1.54) is 51.4 Å². The molecular formula is C15H26N2O. The highest BCUT2D eigenvalue weighted by Gasteiger charge is 2.46. The molecule has 0 heterocycles. The molecule has 0 spiro atoms. The zero-order valence-corrected chi connectivity index (χ0v) is 11.2. The molecule has 3 N–H and O–H groups in total. The average Bonchev–Trinajstić information content (AvgIpc) is 3.30. The van der Waals surface area contributed by atoms with Crippen LogP contribution in [0.2, 0.25) is 0 Å². The van der Waals surface area contributed by atoms with Crippen molar-refractivity contribution >= 4 is 5.91 Å². The fourth-order valence-electron chi connectivity index (χ4n) is 3.73. The van der Waals surface area contributed by atoms with Gasteiger partial charge in [-0.3, -0.25) is 4.79 Å². The minimum Gasteiger partial charge on any atom is -0.352 e. The molecule has 0 bridgehead atoms. The van der Waals surface area contributed by atoms with Gasteiger partial charge in [-0.15, -0.1) is 0 Å². The van der Waals surface area contributed by atoms with Crippen LogP contribution in [0.1, 0.15) is 51.4 Å². The Hall–Kier alpha value is -0.570. The van der Waals surface area contributed by atoms with Gasteiger partial charge in [0, 0.05) is 18.5 Å². The number of carbonyl (C=O) groups is 1. The third-order valence-corrected chi connectivity index (χ3v) is 5.11. The lowest BCUT2D eigenvalue weighted by atomic mass is 9.93. The van der Waals surface area contributed by atoms with Gasteiger partial charge in [0.1, 0.15) is 0 Å². The summed E-state index contributed by atoms with van der Waals surface area (Å²) in [5.41, 5.74) is 5.87. The predicted octanol–water partition coefficient (Wildman–Crippen LogP) is 2.06. The molecule has 3 heteroatoms. The van der Waals surface area contributed by atoms with Crippen LogP contribution in [0.3, 0.4) is 0 Å². The first-order chi connectivity index (χ1) is 8.79. The minimum absolute atomic E-state index is 0.236. The maximum absolute atomic E-state index is 12.5. The van der Waals surface area contributed by atoms with Gasteiger partial charge in [0.25, 0.3) is 0 Å². The van der Waals surface area contributed by atoms with E-state index in [0.29, 0.717) is 36.1 Å². The Kier molecular flexibility index (Phi) is 3.60. The number of hydrogen-bond donors (Lipinski definition) is 2. The lowest BCUT2D eigenvalue weighted by molar-refractivity contribution is -0.127. The molecule has 1 amide bonds. The van der Waals surface area contributed by atoms with Crippen molar-refractivity contribution in [3.8, 4) is 0 Å². The number of nitrogens with two attached hydrogens (primary N) is 1. The van der Waals surface area contributed by atoms with Crippen LogP contribution in [0.5, 0.6) is 0 Å². The van der Waals surface area contributed by atoms with Gasteiger partial charge in [-0.05, 0) is 56.3 Å². The van der Waals surface area contributed by atoms with Crippen LogP contribution in [0.4, 0.5) is 0 Å². The summed E-state index contributed by atoms with van der Waals surface area (Å²) >= 11 is 0. The Morgan fingerprint density at radius 2 is 1.56 bits per heavy atom. The number of rotatable bonds is 6. The lowest BCUT2D eigenvalue weighted by Gasteiger charge is -2.26. The topological polar surface area (TPSA) is 55.1 Å². The molecule has 1 unspecified atom stereocenters. The summed E-state index contributed by atoms with van der Waals surface area (Å²) < 4.78 is 0. The molecule has 0 aliphatic heterocycles. The SMILES string of the molecule is NCC(NC(=O)C(C1CC1)C1CC1)C1CCCC1. The Balaban J connectivity index is 1.57. The van der Waals surface area contributed by atoms with E-state index in [1.54, 1.807) is 0 Å². The van der Waals surface area contributed by atoms with Crippen LogP contribution in [0.25, 0.3) is 0 Å². The van der Waals surface area contributed by atoms with Gasteiger partial charge in [0.15, 0.2) is 0 Å². The van der Waals surface area contributed by atoms with E-state index in [9.17, 15) is 4.79 Å². The first-order valence-electron chi connectivity index (χ1n) is 7.80. The molecule has 3 rings (SSSR count). The number of hydrogen-bond acceptors (Lipinski definition) is 2. The maximum atomic E-state index is 12.5. The first-order valence-corrected chi connectivity index (χ1v) is 7.80. The standard InChI is InChI=1S/C15H26N2O/c16-9-13(10-3-1-2-4-10)17-15(18)14(11-5-6-11)12-7-8-12/h10-14H,1-9,16H2,(H,17,18). The number of amides is 1. The second kappa shape index (κ2) is 5.20. The molecule has 3 nitrogen and oxygen atoms in total. The predicted molar refractivity (Wildman–Crippen MR) is 71.9 cm³/mol. The van der Waals surface area contributed by atoms with Crippen LogP contribution >= 0.6 is 0 Å². The van der Waals surface area contributed by atoms with Gasteiger partial charge < -0.3 is 11.1 Å². The zero-order chi connectivity index (χ0) is 12.5. The first kappa shape index (κ1) is 12.5. The highest BCUT2D eigenvalue weighted by molar-refractivity contribution is 5.80. The Bertz CT molecular complexity index is 292. The average molecular weight is 250 g/mol. The highest BCUT2D eigenvalue weighted by Crippen LogP contribution is 2.49. The molecule has 3 aliphatic carbocycles. The monoisotopic (exact) mass is 250 g/mol. The summed E-state index contributed by atoms with van der Waals surface area (Å²) in [6.07, 6.45) is 10.2. The van der Waals surface area contributed by atoms with Gasteiger partial charge in [0.2, 0.25) is 5.91 Å². The Morgan fingerprint density at radius 1 is 1.00 bits per heavy atom. The molecule has 102 valence electrons. The Morgan fingerprint density at radius 3 is 2.00 bits per heavy atom. The fourth-order valence-corrected chi connectivity index (χ4v) is 3.73. The van der Waals surface area contributed by atoms with Gasteiger partial charge in [-0.1, -0.05) is 12.8 Å². The second-order valence-corrected chi connectivity index (χ2v) is 6.60. The molecule has 0 aromatic rings. The summed E-state index contributed by atoms with van der Waals surface area (Å²) in [4.78, 5) is 12.5. The van der Waals surface area contributed by atoms with Gasteiger partial charge in [-0.25, -0.2) is 0 Å². The molecular weight excluding hydrogens is 224 g/mol. The molecule has 0 saturated heterocycles. The summed E-state index contributed by atoms with van der Waals surface area (Å²) in [5.74, 6) is 2.67. The van der Waals surface area contributed by atoms with Crippen molar-refractivity contribution in [1.29, 1.82) is 0 Å². The molecule has 0 radical (unpaired) electrons. The molecule has 18 heavy (non-hydrogen) atoms. The van der Waals surface area contributed by atoms with Crippen LogP contribution in [0.15, 0.2) is 0 Å². The largest absolute Gasteiger partial charge is 0.352 e. The van der Waals surface area contributed by atoms with Crippen LogP contribution in [-0.2, 0) is 4.79 Å². The minimum atomic E-state index is 0.236. The molecule has 1 atom stereocenters.